The van der Waals surface area contributed by atoms with E-state index in [0.717, 1.165) is 48.7 Å². The maximum atomic E-state index is 5.71. The van der Waals surface area contributed by atoms with Crippen LogP contribution in [0.3, 0.4) is 0 Å². The number of unbranched alkanes of at least 4 members (excludes halogenated alkanes) is 1. The molecule has 1 aliphatic rings. The van der Waals surface area contributed by atoms with Crippen LogP contribution in [0.2, 0.25) is 0 Å². The molecular formula is C19H23N3O. The Balaban J connectivity index is 1.71. The first-order chi connectivity index (χ1) is 11.3. The van der Waals surface area contributed by atoms with E-state index in [4.69, 9.17) is 9.84 Å². The van der Waals surface area contributed by atoms with Gasteiger partial charge in [-0.05, 0) is 42.8 Å². The van der Waals surface area contributed by atoms with Crippen molar-refractivity contribution in [3.63, 3.8) is 0 Å². The topological polar surface area (TPSA) is 37.7 Å². The molecule has 0 radical (unpaired) electrons. The first-order valence-electron chi connectivity index (χ1n) is 8.27. The molecule has 0 saturated heterocycles. The van der Waals surface area contributed by atoms with Gasteiger partial charge in [-0.25, -0.2) is 0 Å². The maximum Gasteiger partial charge on any atom is 0.119 e. The van der Waals surface area contributed by atoms with Crippen LogP contribution >= 0.6 is 0 Å². The molecule has 0 amide bonds. The standard InChI is InChI=1S/C19H23N3O/c1-3-4-12-23-18-9-7-17(8-10-18)22-14-15(2)19(21-22)16-6-5-11-20-13-16/h5-11,13,15H,3-4,12,14H2,1-2H3. The van der Waals surface area contributed by atoms with Crippen LogP contribution in [-0.4, -0.2) is 23.8 Å². The van der Waals surface area contributed by atoms with E-state index in [1.807, 2.05) is 24.4 Å². The minimum atomic E-state index is 0.389. The van der Waals surface area contributed by atoms with Gasteiger partial charge >= 0.3 is 0 Å². The maximum absolute atomic E-state index is 5.71. The van der Waals surface area contributed by atoms with Gasteiger partial charge in [0.2, 0.25) is 0 Å². The molecule has 0 N–H and O–H groups in total. The number of pyridine rings is 1. The van der Waals surface area contributed by atoms with Gasteiger partial charge in [0.25, 0.3) is 0 Å². The summed E-state index contributed by atoms with van der Waals surface area (Å²) in [6.07, 6.45) is 5.90. The van der Waals surface area contributed by atoms with Gasteiger partial charge in [-0.3, -0.25) is 9.99 Å². The number of aromatic nitrogens is 1. The van der Waals surface area contributed by atoms with E-state index in [9.17, 15) is 0 Å². The SMILES string of the molecule is CCCCOc1ccc(N2CC(C)C(c3cccnc3)=N2)cc1. The van der Waals surface area contributed by atoms with Gasteiger partial charge in [-0.1, -0.05) is 20.3 Å². The number of hydrazone groups is 1. The van der Waals surface area contributed by atoms with Crippen LogP contribution in [0.1, 0.15) is 32.3 Å². The van der Waals surface area contributed by atoms with E-state index in [1.165, 1.54) is 0 Å². The Kier molecular flexibility index (Phi) is 4.91. The zero-order valence-corrected chi connectivity index (χ0v) is 13.8. The molecular weight excluding hydrogens is 286 g/mol. The van der Waals surface area contributed by atoms with Gasteiger partial charge in [0, 0.05) is 30.4 Å². The Labute approximate surface area is 137 Å². The summed E-state index contributed by atoms with van der Waals surface area (Å²) < 4.78 is 5.71. The molecule has 0 spiro atoms. The molecule has 0 aliphatic carbocycles. The number of nitrogens with zero attached hydrogens (tertiary/aromatic N) is 3. The molecule has 0 fully saturated rings. The van der Waals surface area contributed by atoms with E-state index in [0.29, 0.717) is 5.92 Å². The summed E-state index contributed by atoms with van der Waals surface area (Å²) in [6, 6.07) is 12.2. The van der Waals surface area contributed by atoms with Gasteiger partial charge in [0.1, 0.15) is 5.75 Å². The lowest BCUT2D eigenvalue weighted by Gasteiger charge is -2.15. The van der Waals surface area contributed by atoms with Crippen LogP contribution in [0.5, 0.6) is 5.75 Å². The van der Waals surface area contributed by atoms with Crippen LogP contribution in [-0.2, 0) is 0 Å². The van der Waals surface area contributed by atoms with Crippen molar-refractivity contribution in [2.45, 2.75) is 26.7 Å². The molecule has 1 aliphatic heterocycles. The molecule has 1 aromatic heterocycles. The molecule has 120 valence electrons. The van der Waals surface area contributed by atoms with Crippen molar-refractivity contribution in [3.05, 3.63) is 54.4 Å². The summed E-state index contributed by atoms with van der Waals surface area (Å²) in [5.41, 5.74) is 3.29. The lowest BCUT2D eigenvalue weighted by Crippen LogP contribution is -2.17. The number of hydrogen-bond donors (Lipinski definition) is 0. The minimum Gasteiger partial charge on any atom is -0.494 e. The number of benzene rings is 1. The Morgan fingerprint density at radius 1 is 1.22 bits per heavy atom. The smallest absolute Gasteiger partial charge is 0.119 e. The van der Waals surface area contributed by atoms with E-state index in [-0.39, 0.29) is 0 Å². The van der Waals surface area contributed by atoms with Crippen molar-refractivity contribution in [2.24, 2.45) is 11.0 Å². The van der Waals surface area contributed by atoms with E-state index in [2.05, 4.69) is 42.0 Å². The first-order valence-corrected chi connectivity index (χ1v) is 8.27. The van der Waals surface area contributed by atoms with Crippen molar-refractivity contribution < 1.29 is 4.74 Å². The zero-order valence-electron chi connectivity index (χ0n) is 13.8. The summed E-state index contributed by atoms with van der Waals surface area (Å²) in [5, 5.41) is 6.84. The molecule has 23 heavy (non-hydrogen) atoms. The van der Waals surface area contributed by atoms with Gasteiger partial charge in [0.05, 0.1) is 18.0 Å². The Morgan fingerprint density at radius 3 is 2.74 bits per heavy atom. The highest BCUT2D eigenvalue weighted by molar-refractivity contribution is 6.04. The van der Waals surface area contributed by atoms with Gasteiger partial charge in [-0.15, -0.1) is 0 Å². The van der Waals surface area contributed by atoms with Crippen LogP contribution < -0.4 is 9.75 Å². The molecule has 1 unspecified atom stereocenters. The molecule has 1 aromatic carbocycles. The van der Waals surface area contributed by atoms with E-state index >= 15 is 0 Å². The third kappa shape index (κ3) is 3.70. The highest BCUT2D eigenvalue weighted by atomic mass is 16.5. The molecule has 1 atom stereocenters. The first kappa shape index (κ1) is 15.5. The second kappa shape index (κ2) is 7.27. The highest BCUT2D eigenvalue weighted by Gasteiger charge is 2.24. The Bertz CT molecular complexity index is 652. The molecule has 3 rings (SSSR count). The molecule has 4 nitrogen and oxygen atoms in total. The quantitative estimate of drug-likeness (QED) is 0.753. The summed E-state index contributed by atoms with van der Waals surface area (Å²) in [5.74, 6) is 1.31. The van der Waals surface area contributed by atoms with Gasteiger partial charge in [0.15, 0.2) is 0 Å². The van der Waals surface area contributed by atoms with Crippen LogP contribution in [0.4, 0.5) is 5.69 Å². The van der Waals surface area contributed by atoms with Crippen LogP contribution in [0, 0.1) is 5.92 Å². The third-order valence-electron chi connectivity index (χ3n) is 4.00. The molecule has 4 heteroatoms. The van der Waals surface area contributed by atoms with Crippen molar-refractivity contribution in [2.75, 3.05) is 18.2 Å². The predicted octanol–water partition coefficient (Wildman–Crippen LogP) is 4.12. The lowest BCUT2D eigenvalue weighted by molar-refractivity contribution is 0.309. The largest absolute Gasteiger partial charge is 0.494 e. The number of ether oxygens (including phenoxy) is 1. The zero-order chi connectivity index (χ0) is 16.1. The summed E-state index contributed by atoms with van der Waals surface area (Å²) >= 11 is 0. The Morgan fingerprint density at radius 2 is 2.04 bits per heavy atom. The fourth-order valence-corrected chi connectivity index (χ4v) is 2.68. The molecule has 0 saturated carbocycles. The van der Waals surface area contributed by atoms with Crippen molar-refractivity contribution >= 4 is 11.4 Å². The second-order valence-corrected chi connectivity index (χ2v) is 5.91. The van der Waals surface area contributed by atoms with Crippen molar-refractivity contribution in [1.82, 2.24) is 4.98 Å². The second-order valence-electron chi connectivity index (χ2n) is 5.91. The monoisotopic (exact) mass is 309 g/mol. The fourth-order valence-electron chi connectivity index (χ4n) is 2.68. The third-order valence-corrected chi connectivity index (χ3v) is 4.00. The minimum absolute atomic E-state index is 0.389. The van der Waals surface area contributed by atoms with Gasteiger partial charge in [-0.2, -0.15) is 5.10 Å². The summed E-state index contributed by atoms with van der Waals surface area (Å²) in [7, 11) is 0. The van der Waals surface area contributed by atoms with Crippen molar-refractivity contribution in [3.8, 4) is 5.75 Å². The summed E-state index contributed by atoms with van der Waals surface area (Å²) in [6.45, 7) is 6.03. The highest BCUT2D eigenvalue weighted by Crippen LogP contribution is 2.26. The average molecular weight is 309 g/mol. The lowest BCUT2D eigenvalue weighted by atomic mass is 10.0. The van der Waals surface area contributed by atoms with Crippen molar-refractivity contribution in [1.29, 1.82) is 0 Å². The number of anilines is 1. The molecule has 0 bridgehead atoms. The van der Waals surface area contributed by atoms with E-state index < -0.39 is 0 Å². The number of hydrogen-bond acceptors (Lipinski definition) is 4. The molecule has 2 heterocycles. The van der Waals surface area contributed by atoms with Crippen LogP contribution in [0.15, 0.2) is 53.9 Å². The Hall–Kier alpha value is -2.36. The summed E-state index contributed by atoms with van der Waals surface area (Å²) in [4.78, 5) is 4.19. The normalized spacial score (nSPS) is 17.2. The van der Waals surface area contributed by atoms with Crippen LogP contribution in [0.25, 0.3) is 0 Å². The van der Waals surface area contributed by atoms with E-state index in [1.54, 1.807) is 6.20 Å². The average Bonchev–Trinajstić information content (AvgIpc) is 2.98. The predicted molar refractivity (Wildman–Crippen MR) is 94.1 cm³/mol. The fraction of sp³-hybridized carbons (Fsp3) is 0.368. The molecule has 2 aromatic rings. The van der Waals surface area contributed by atoms with Gasteiger partial charge < -0.3 is 4.74 Å². The number of rotatable bonds is 6.